The van der Waals surface area contributed by atoms with E-state index in [-0.39, 0.29) is 11.8 Å². The fraction of sp³-hybridized carbons (Fsp3) is 0.391. The van der Waals surface area contributed by atoms with Crippen molar-refractivity contribution in [3.8, 4) is 0 Å². The molecule has 1 spiro atoms. The zero-order valence-corrected chi connectivity index (χ0v) is 17.3. The number of nitrogens with one attached hydrogen (secondary N) is 2. The van der Waals surface area contributed by atoms with Crippen LogP contribution in [0.1, 0.15) is 32.6 Å². The summed E-state index contributed by atoms with van der Waals surface area (Å²) in [7, 11) is 0. The van der Waals surface area contributed by atoms with E-state index in [9.17, 15) is 19.2 Å². The minimum absolute atomic E-state index is 0.00597. The van der Waals surface area contributed by atoms with Gasteiger partial charge in [0.2, 0.25) is 0 Å². The molecule has 2 fully saturated rings. The summed E-state index contributed by atoms with van der Waals surface area (Å²) in [6.07, 6.45) is 3.28. The summed E-state index contributed by atoms with van der Waals surface area (Å²) in [5.74, 6) is -1.69. The lowest BCUT2D eigenvalue weighted by molar-refractivity contribution is -0.150. The van der Waals surface area contributed by atoms with Gasteiger partial charge in [-0.2, -0.15) is 0 Å². The van der Waals surface area contributed by atoms with Gasteiger partial charge in [-0.1, -0.05) is 50.1 Å². The molecule has 31 heavy (non-hydrogen) atoms. The lowest BCUT2D eigenvalue weighted by Crippen LogP contribution is -2.54. The van der Waals surface area contributed by atoms with Gasteiger partial charge in [0.15, 0.2) is 6.61 Å². The maximum absolute atomic E-state index is 12.9. The highest BCUT2D eigenvalue weighted by Crippen LogP contribution is 2.38. The molecule has 1 saturated carbocycles. The number of hydrogen-bond acceptors (Lipinski definition) is 5. The first kappa shape index (κ1) is 20.8. The Labute approximate surface area is 179 Å². The van der Waals surface area contributed by atoms with E-state index in [1.165, 1.54) is 0 Å². The number of nitrogens with zero attached hydrogens (tertiary/aromatic N) is 1. The fourth-order valence-electron chi connectivity index (χ4n) is 4.42. The molecule has 1 heterocycles. The molecule has 162 valence electrons. The van der Waals surface area contributed by atoms with Gasteiger partial charge < -0.3 is 15.4 Å². The summed E-state index contributed by atoms with van der Waals surface area (Å²) in [6.45, 7) is 0.926. The lowest BCUT2D eigenvalue weighted by Gasteiger charge is -2.36. The van der Waals surface area contributed by atoms with E-state index in [0.29, 0.717) is 12.1 Å². The quantitative estimate of drug-likeness (QED) is 0.568. The SMILES string of the molecule is C[C@H]1CCCC[C@]12NC(=O)N(CC(=O)OCC(=O)Nc1ccc3ccccc3c1)C2=O. The number of imide groups is 1. The number of carbonyl (C=O) groups is 4. The van der Waals surface area contributed by atoms with Gasteiger partial charge in [0.25, 0.3) is 11.8 Å². The van der Waals surface area contributed by atoms with E-state index in [1.54, 1.807) is 6.07 Å². The van der Waals surface area contributed by atoms with Crippen LogP contribution in [-0.2, 0) is 19.1 Å². The molecule has 1 aliphatic heterocycles. The van der Waals surface area contributed by atoms with Crippen LogP contribution in [0.5, 0.6) is 0 Å². The molecule has 2 N–H and O–H groups in total. The van der Waals surface area contributed by atoms with Crippen molar-refractivity contribution >= 4 is 40.3 Å². The predicted molar refractivity (Wildman–Crippen MR) is 114 cm³/mol. The number of ether oxygens (including phenoxy) is 1. The van der Waals surface area contributed by atoms with E-state index in [4.69, 9.17) is 4.74 Å². The molecule has 0 unspecified atom stereocenters. The Balaban J connectivity index is 1.31. The average Bonchev–Trinajstić information content (AvgIpc) is 2.99. The predicted octanol–water partition coefficient (Wildman–Crippen LogP) is 2.82. The number of rotatable bonds is 5. The Kier molecular flexibility index (Phi) is 5.63. The normalized spacial score (nSPS) is 23.1. The maximum atomic E-state index is 12.9. The fourth-order valence-corrected chi connectivity index (χ4v) is 4.42. The number of anilines is 1. The van der Waals surface area contributed by atoms with Crippen LogP contribution in [0.4, 0.5) is 10.5 Å². The summed E-state index contributed by atoms with van der Waals surface area (Å²) >= 11 is 0. The van der Waals surface area contributed by atoms with Gasteiger partial charge in [-0.25, -0.2) is 4.79 Å². The first-order valence-electron chi connectivity index (χ1n) is 10.5. The average molecular weight is 423 g/mol. The second-order valence-corrected chi connectivity index (χ2v) is 8.21. The second kappa shape index (κ2) is 8.37. The molecular formula is C23H25N3O5. The number of benzene rings is 2. The van der Waals surface area contributed by atoms with Crippen molar-refractivity contribution in [1.29, 1.82) is 0 Å². The van der Waals surface area contributed by atoms with Crippen molar-refractivity contribution in [2.75, 3.05) is 18.5 Å². The van der Waals surface area contributed by atoms with Crippen LogP contribution in [0, 0.1) is 5.92 Å². The van der Waals surface area contributed by atoms with Crippen LogP contribution >= 0.6 is 0 Å². The topological polar surface area (TPSA) is 105 Å². The molecule has 8 nitrogen and oxygen atoms in total. The van der Waals surface area contributed by atoms with Crippen LogP contribution in [-0.4, -0.2) is 47.4 Å². The number of carbonyl (C=O) groups excluding carboxylic acids is 4. The van der Waals surface area contributed by atoms with E-state index in [1.807, 2.05) is 43.3 Å². The lowest BCUT2D eigenvalue weighted by atomic mass is 9.73. The highest BCUT2D eigenvalue weighted by molar-refractivity contribution is 6.09. The van der Waals surface area contributed by atoms with Gasteiger partial charge in [-0.15, -0.1) is 0 Å². The zero-order valence-electron chi connectivity index (χ0n) is 17.3. The van der Waals surface area contributed by atoms with Crippen LogP contribution < -0.4 is 10.6 Å². The van der Waals surface area contributed by atoms with Gasteiger partial charge in [0, 0.05) is 5.69 Å². The third-order valence-electron chi connectivity index (χ3n) is 6.19. The van der Waals surface area contributed by atoms with Crippen LogP contribution in [0.3, 0.4) is 0 Å². The monoisotopic (exact) mass is 423 g/mol. The van der Waals surface area contributed by atoms with Gasteiger partial charge in [0.05, 0.1) is 0 Å². The third-order valence-corrected chi connectivity index (χ3v) is 6.19. The number of fused-ring (bicyclic) bond motifs is 1. The molecule has 4 rings (SSSR count). The van der Waals surface area contributed by atoms with Crippen molar-refractivity contribution in [3.63, 3.8) is 0 Å². The first-order valence-corrected chi connectivity index (χ1v) is 10.5. The molecule has 8 heteroatoms. The van der Waals surface area contributed by atoms with Gasteiger partial charge in [-0.05, 0) is 41.7 Å². The maximum Gasteiger partial charge on any atom is 0.326 e. The molecule has 0 aromatic heterocycles. The Morgan fingerprint density at radius 2 is 1.94 bits per heavy atom. The number of amides is 4. The van der Waals surface area contributed by atoms with Crippen LogP contribution in [0.2, 0.25) is 0 Å². The Hall–Kier alpha value is -3.42. The summed E-state index contributed by atoms with van der Waals surface area (Å²) in [5, 5.41) is 7.48. The molecule has 0 bridgehead atoms. The van der Waals surface area contributed by atoms with E-state index in [0.717, 1.165) is 34.9 Å². The van der Waals surface area contributed by atoms with E-state index in [2.05, 4.69) is 10.6 Å². The van der Waals surface area contributed by atoms with Gasteiger partial charge in [-0.3, -0.25) is 19.3 Å². The van der Waals surface area contributed by atoms with E-state index < -0.39 is 36.6 Å². The molecule has 2 aliphatic rings. The number of hydrogen-bond donors (Lipinski definition) is 2. The summed E-state index contributed by atoms with van der Waals surface area (Å²) < 4.78 is 5.00. The molecule has 2 aromatic carbocycles. The van der Waals surface area contributed by atoms with Crippen molar-refractivity contribution in [3.05, 3.63) is 42.5 Å². The van der Waals surface area contributed by atoms with Crippen molar-refractivity contribution in [2.24, 2.45) is 5.92 Å². The molecule has 4 amide bonds. The van der Waals surface area contributed by atoms with E-state index >= 15 is 0 Å². The highest BCUT2D eigenvalue weighted by Gasteiger charge is 2.55. The molecule has 2 atom stereocenters. The molecular weight excluding hydrogens is 398 g/mol. The minimum atomic E-state index is -0.928. The molecule has 1 aliphatic carbocycles. The Morgan fingerprint density at radius 1 is 1.16 bits per heavy atom. The van der Waals surface area contributed by atoms with Crippen molar-refractivity contribution in [1.82, 2.24) is 10.2 Å². The Morgan fingerprint density at radius 3 is 2.71 bits per heavy atom. The zero-order chi connectivity index (χ0) is 22.0. The number of urea groups is 1. The third kappa shape index (κ3) is 4.10. The number of esters is 1. The summed E-state index contributed by atoms with van der Waals surface area (Å²) in [6, 6.07) is 12.6. The molecule has 1 saturated heterocycles. The Bertz CT molecular complexity index is 1050. The largest absolute Gasteiger partial charge is 0.454 e. The second-order valence-electron chi connectivity index (χ2n) is 8.21. The highest BCUT2D eigenvalue weighted by atomic mass is 16.5. The first-order chi connectivity index (χ1) is 14.9. The summed E-state index contributed by atoms with van der Waals surface area (Å²) in [5.41, 5.74) is -0.342. The standard InChI is InChI=1S/C23H25N3O5/c1-15-6-4-5-11-23(15)21(29)26(22(30)25-23)13-20(28)31-14-19(27)24-18-10-9-16-7-2-3-8-17(16)12-18/h2-3,7-10,12,15H,4-6,11,13-14H2,1H3,(H,24,27)(H,25,30)/t15-,23-/m0/s1. The van der Waals surface area contributed by atoms with Gasteiger partial charge >= 0.3 is 12.0 Å². The van der Waals surface area contributed by atoms with Crippen LogP contribution in [0.25, 0.3) is 10.8 Å². The minimum Gasteiger partial charge on any atom is -0.454 e. The van der Waals surface area contributed by atoms with Crippen molar-refractivity contribution < 1.29 is 23.9 Å². The van der Waals surface area contributed by atoms with Crippen molar-refractivity contribution in [2.45, 2.75) is 38.1 Å². The smallest absolute Gasteiger partial charge is 0.326 e. The summed E-state index contributed by atoms with van der Waals surface area (Å²) in [4.78, 5) is 50.5. The molecule has 2 aromatic rings. The van der Waals surface area contributed by atoms with Gasteiger partial charge in [0.1, 0.15) is 12.1 Å². The molecule has 0 radical (unpaired) electrons. The van der Waals surface area contributed by atoms with Crippen LogP contribution in [0.15, 0.2) is 42.5 Å².